The summed E-state index contributed by atoms with van der Waals surface area (Å²) in [6, 6.07) is 15.7. The minimum absolute atomic E-state index is 0.00975. The third-order valence-corrected chi connectivity index (χ3v) is 5.55. The molecular weight excluding hydrogens is 425 g/mol. The summed E-state index contributed by atoms with van der Waals surface area (Å²) in [5.74, 6) is 1.04. The van der Waals surface area contributed by atoms with Gasteiger partial charge in [0.25, 0.3) is 5.91 Å². The molecule has 28 heavy (non-hydrogen) atoms. The van der Waals surface area contributed by atoms with Crippen molar-refractivity contribution in [2.75, 3.05) is 0 Å². The molecule has 4 rings (SSSR count). The summed E-state index contributed by atoms with van der Waals surface area (Å²) < 4.78 is 25.9. The number of amides is 1. The van der Waals surface area contributed by atoms with Crippen molar-refractivity contribution >= 4 is 21.8 Å². The number of hydrogen-bond donors (Lipinski definition) is 0. The number of carbonyl (C=O) groups is 1. The van der Waals surface area contributed by atoms with E-state index < -0.39 is 0 Å². The number of benzene rings is 2. The van der Waals surface area contributed by atoms with E-state index in [0.29, 0.717) is 24.5 Å². The van der Waals surface area contributed by atoms with Crippen molar-refractivity contribution < 1.29 is 18.3 Å². The van der Waals surface area contributed by atoms with Gasteiger partial charge in [-0.1, -0.05) is 18.2 Å². The van der Waals surface area contributed by atoms with Gasteiger partial charge in [-0.15, -0.1) is 0 Å². The van der Waals surface area contributed by atoms with Crippen LogP contribution in [0.25, 0.3) is 0 Å². The van der Waals surface area contributed by atoms with E-state index >= 15 is 0 Å². The van der Waals surface area contributed by atoms with Gasteiger partial charge in [0, 0.05) is 12.6 Å². The molecule has 0 spiro atoms. The maximum absolute atomic E-state index is 13.6. The van der Waals surface area contributed by atoms with Crippen LogP contribution in [0, 0.1) is 5.82 Å². The van der Waals surface area contributed by atoms with Gasteiger partial charge < -0.3 is 14.1 Å². The Morgan fingerprint density at radius 1 is 1.21 bits per heavy atom. The molecule has 6 heteroatoms. The lowest BCUT2D eigenvalue weighted by Gasteiger charge is -2.34. The second-order valence-electron chi connectivity index (χ2n) is 6.88. The van der Waals surface area contributed by atoms with Gasteiger partial charge >= 0.3 is 0 Å². The van der Waals surface area contributed by atoms with Crippen LogP contribution >= 0.6 is 15.9 Å². The van der Waals surface area contributed by atoms with E-state index in [1.165, 1.54) is 12.1 Å². The van der Waals surface area contributed by atoms with Gasteiger partial charge in [-0.3, -0.25) is 4.79 Å². The van der Waals surface area contributed by atoms with E-state index in [-0.39, 0.29) is 30.1 Å². The summed E-state index contributed by atoms with van der Waals surface area (Å²) in [5.41, 5.74) is 1.93. The number of furan rings is 1. The smallest absolute Gasteiger partial charge is 0.290 e. The molecule has 0 saturated carbocycles. The minimum atomic E-state index is -0.287. The molecule has 2 heterocycles. The molecule has 3 aromatic rings. The van der Waals surface area contributed by atoms with Crippen LogP contribution in [0.4, 0.5) is 4.39 Å². The van der Waals surface area contributed by atoms with E-state index in [4.69, 9.17) is 9.15 Å². The Labute approximate surface area is 171 Å². The van der Waals surface area contributed by atoms with Crippen LogP contribution in [0.1, 0.15) is 34.4 Å². The maximum atomic E-state index is 13.6. The van der Waals surface area contributed by atoms with Crippen molar-refractivity contribution in [2.24, 2.45) is 0 Å². The fourth-order valence-electron chi connectivity index (χ4n) is 3.40. The van der Waals surface area contributed by atoms with E-state index in [1.807, 2.05) is 31.2 Å². The third-order valence-electron chi connectivity index (χ3n) is 4.90. The maximum Gasteiger partial charge on any atom is 0.290 e. The Bertz CT molecular complexity index is 1020. The van der Waals surface area contributed by atoms with E-state index in [9.17, 15) is 9.18 Å². The van der Waals surface area contributed by atoms with Crippen LogP contribution in [-0.4, -0.2) is 16.8 Å². The fourth-order valence-corrected chi connectivity index (χ4v) is 3.80. The molecule has 1 aliphatic rings. The number of halogens is 2. The summed E-state index contributed by atoms with van der Waals surface area (Å²) in [6.45, 7) is 2.58. The molecule has 0 bridgehead atoms. The first-order valence-electron chi connectivity index (χ1n) is 9.05. The predicted molar refractivity (Wildman–Crippen MR) is 107 cm³/mol. The van der Waals surface area contributed by atoms with Gasteiger partial charge in [0.1, 0.15) is 23.9 Å². The molecule has 144 valence electrons. The lowest BCUT2D eigenvalue weighted by molar-refractivity contribution is 0.0621. The molecule has 4 nitrogen and oxygen atoms in total. The quantitative estimate of drug-likeness (QED) is 0.545. The van der Waals surface area contributed by atoms with Gasteiger partial charge in [0.05, 0.1) is 4.47 Å². The Kier molecular flexibility index (Phi) is 5.22. The normalized spacial score (nSPS) is 16.0. The molecule has 2 aromatic carbocycles. The van der Waals surface area contributed by atoms with Gasteiger partial charge in [0.15, 0.2) is 5.76 Å². The van der Waals surface area contributed by atoms with Crippen molar-refractivity contribution in [3.8, 4) is 5.75 Å². The standard InChI is InChI=1S/C22H19BrFNO3/c1-14-10-15-6-7-17(24)11-16(15)12-25(14)22(26)21-9-8-18(28-21)13-27-20-5-3-2-4-19(20)23/h2-9,11,14H,10,12-13H2,1H3/t14-/m1/s1. The SMILES string of the molecule is C[C@@H]1Cc2ccc(F)cc2CN1C(=O)c1ccc(COc2ccccc2Br)o1. The molecule has 0 fully saturated rings. The fraction of sp³-hybridized carbons (Fsp3) is 0.227. The average Bonchev–Trinajstić information content (AvgIpc) is 3.16. The first kappa shape index (κ1) is 18.7. The average molecular weight is 444 g/mol. The Balaban J connectivity index is 1.46. The molecule has 1 amide bonds. The molecular formula is C22H19BrFNO3. The number of hydrogen-bond acceptors (Lipinski definition) is 3. The highest BCUT2D eigenvalue weighted by atomic mass is 79.9. The number of ether oxygens (including phenoxy) is 1. The zero-order valence-corrected chi connectivity index (χ0v) is 16.9. The van der Waals surface area contributed by atoms with Crippen LogP contribution in [0.15, 0.2) is 63.5 Å². The molecule has 0 N–H and O–H groups in total. The molecule has 0 radical (unpaired) electrons. The number of rotatable bonds is 4. The Morgan fingerprint density at radius 2 is 2.04 bits per heavy atom. The zero-order chi connectivity index (χ0) is 19.7. The zero-order valence-electron chi connectivity index (χ0n) is 15.3. The molecule has 0 unspecified atom stereocenters. The summed E-state index contributed by atoms with van der Waals surface area (Å²) in [4.78, 5) is 14.7. The largest absolute Gasteiger partial charge is 0.484 e. The Hall–Kier alpha value is -2.60. The highest BCUT2D eigenvalue weighted by Crippen LogP contribution is 2.27. The van der Waals surface area contributed by atoms with E-state index in [0.717, 1.165) is 15.6 Å². The summed E-state index contributed by atoms with van der Waals surface area (Å²) in [7, 11) is 0. The number of carbonyl (C=O) groups excluding carboxylic acids is 1. The van der Waals surface area contributed by atoms with Crippen molar-refractivity contribution in [2.45, 2.75) is 32.5 Å². The second kappa shape index (κ2) is 7.80. The van der Waals surface area contributed by atoms with Crippen LogP contribution < -0.4 is 4.74 Å². The number of nitrogens with zero attached hydrogens (tertiary/aromatic N) is 1. The van der Waals surface area contributed by atoms with Crippen molar-refractivity contribution in [3.05, 3.63) is 87.5 Å². The van der Waals surface area contributed by atoms with E-state index in [1.54, 1.807) is 23.1 Å². The van der Waals surface area contributed by atoms with Gasteiger partial charge in [-0.05, 0) is 76.8 Å². The lowest BCUT2D eigenvalue weighted by atomic mass is 9.94. The summed E-state index contributed by atoms with van der Waals surface area (Å²) in [6.07, 6.45) is 0.695. The van der Waals surface area contributed by atoms with Crippen LogP contribution in [0.2, 0.25) is 0 Å². The number of para-hydroxylation sites is 1. The highest BCUT2D eigenvalue weighted by molar-refractivity contribution is 9.10. The third kappa shape index (κ3) is 3.83. The monoisotopic (exact) mass is 443 g/mol. The van der Waals surface area contributed by atoms with Crippen molar-refractivity contribution in [3.63, 3.8) is 0 Å². The molecule has 0 saturated heterocycles. The molecule has 1 aliphatic heterocycles. The first-order chi connectivity index (χ1) is 13.5. The molecule has 1 atom stereocenters. The molecule has 0 aliphatic carbocycles. The van der Waals surface area contributed by atoms with Crippen LogP contribution in [-0.2, 0) is 19.6 Å². The van der Waals surface area contributed by atoms with Gasteiger partial charge in [-0.25, -0.2) is 4.39 Å². The van der Waals surface area contributed by atoms with Crippen LogP contribution in [0.3, 0.4) is 0 Å². The number of fused-ring (bicyclic) bond motifs is 1. The van der Waals surface area contributed by atoms with Gasteiger partial charge in [0.2, 0.25) is 0 Å². The lowest BCUT2D eigenvalue weighted by Crippen LogP contribution is -2.42. The summed E-state index contributed by atoms with van der Waals surface area (Å²) >= 11 is 3.43. The topological polar surface area (TPSA) is 42.7 Å². The Morgan fingerprint density at radius 3 is 2.86 bits per heavy atom. The minimum Gasteiger partial charge on any atom is -0.484 e. The second-order valence-corrected chi connectivity index (χ2v) is 7.74. The van der Waals surface area contributed by atoms with Gasteiger partial charge in [-0.2, -0.15) is 0 Å². The van der Waals surface area contributed by atoms with E-state index in [2.05, 4.69) is 15.9 Å². The highest BCUT2D eigenvalue weighted by Gasteiger charge is 2.29. The first-order valence-corrected chi connectivity index (χ1v) is 9.85. The van der Waals surface area contributed by atoms with Crippen molar-refractivity contribution in [1.29, 1.82) is 0 Å². The predicted octanol–water partition coefficient (Wildman–Crippen LogP) is 5.35. The molecule has 1 aromatic heterocycles. The van der Waals surface area contributed by atoms with Crippen LogP contribution in [0.5, 0.6) is 5.75 Å². The van der Waals surface area contributed by atoms with Crippen molar-refractivity contribution in [1.82, 2.24) is 4.90 Å². The summed E-state index contributed by atoms with van der Waals surface area (Å²) in [5, 5.41) is 0.